The van der Waals surface area contributed by atoms with Gasteiger partial charge in [-0.3, -0.25) is 9.59 Å². The average molecular weight is 335 g/mol. The molecule has 0 saturated heterocycles. The van der Waals surface area contributed by atoms with Crippen LogP contribution < -0.4 is 0 Å². The van der Waals surface area contributed by atoms with Crippen molar-refractivity contribution in [3.63, 3.8) is 0 Å². The van der Waals surface area contributed by atoms with E-state index in [0.29, 0.717) is 39.1 Å². The van der Waals surface area contributed by atoms with Crippen molar-refractivity contribution in [3.05, 3.63) is 35.4 Å². The molecule has 134 valence electrons. The lowest BCUT2D eigenvalue weighted by atomic mass is 10.1. The van der Waals surface area contributed by atoms with Gasteiger partial charge in [-0.25, -0.2) is 0 Å². The van der Waals surface area contributed by atoms with Crippen molar-refractivity contribution in [2.24, 2.45) is 0 Å². The van der Waals surface area contributed by atoms with Gasteiger partial charge >= 0.3 is 5.97 Å². The summed E-state index contributed by atoms with van der Waals surface area (Å²) in [7, 11) is 1.64. The van der Waals surface area contributed by atoms with Crippen molar-refractivity contribution in [3.8, 4) is 0 Å². The number of benzene rings is 1. The third-order valence-corrected chi connectivity index (χ3v) is 3.77. The quantitative estimate of drug-likeness (QED) is 0.461. The Labute approximate surface area is 144 Å². The molecule has 0 aliphatic rings. The van der Waals surface area contributed by atoms with Crippen LogP contribution in [0.4, 0.5) is 0 Å². The van der Waals surface area contributed by atoms with E-state index in [2.05, 4.69) is 24.3 Å². The SMILES string of the molecule is CCOC(=O)CCN(CCCOC)C(=O)CCc1ccc(C)cc1. The summed E-state index contributed by atoms with van der Waals surface area (Å²) < 4.78 is 9.98. The molecule has 1 aromatic carbocycles. The molecule has 0 saturated carbocycles. The highest BCUT2D eigenvalue weighted by Crippen LogP contribution is 2.08. The van der Waals surface area contributed by atoms with Crippen LogP contribution in [0.3, 0.4) is 0 Å². The predicted octanol–water partition coefficient (Wildman–Crippen LogP) is 2.75. The molecule has 24 heavy (non-hydrogen) atoms. The van der Waals surface area contributed by atoms with Crippen LogP contribution >= 0.6 is 0 Å². The monoisotopic (exact) mass is 335 g/mol. The van der Waals surface area contributed by atoms with Gasteiger partial charge < -0.3 is 14.4 Å². The number of hydrogen-bond donors (Lipinski definition) is 0. The van der Waals surface area contributed by atoms with Crippen molar-refractivity contribution in [1.82, 2.24) is 4.90 Å². The van der Waals surface area contributed by atoms with E-state index in [0.717, 1.165) is 12.0 Å². The number of hydrogen-bond acceptors (Lipinski definition) is 4. The molecule has 0 spiro atoms. The minimum absolute atomic E-state index is 0.0657. The molecule has 0 atom stereocenters. The van der Waals surface area contributed by atoms with Gasteiger partial charge in [0.25, 0.3) is 0 Å². The van der Waals surface area contributed by atoms with Gasteiger partial charge in [0.2, 0.25) is 5.91 Å². The highest BCUT2D eigenvalue weighted by atomic mass is 16.5. The number of amides is 1. The fourth-order valence-corrected chi connectivity index (χ4v) is 2.38. The van der Waals surface area contributed by atoms with E-state index in [9.17, 15) is 9.59 Å². The van der Waals surface area contributed by atoms with Gasteiger partial charge in [-0.1, -0.05) is 29.8 Å². The van der Waals surface area contributed by atoms with Gasteiger partial charge in [-0.2, -0.15) is 0 Å². The van der Waals surface area contributed by atoms with Gasteiger partial charge in [0.15, 0.2) is 0 Å². The van der Waals surface area contributed by atoms with Crippen molar-refractivity contribution < 1.29 is 19.1 Å². The van der Waals surface area contributed by atoms with E-state index in [-0.39, 0.29) is 18.3 Å². The maximum atomic E-state index is 12.5. The summed E-state index contributed by atoms with van der Waals surface area (Å²) in [6, 6.07) is 8.21. The third-order valence-electron chi connectivity index (χ3n) is 3.77. The van der Waals surface area contributed by atoms with E-state index in [1.807, 2.05) is 6.92 Å². The molecule has 1 amide bonds. The number of aryl methyl sites for hydroxylation is 2. The van der Waals surface area contributed by atoms with Gasteiger partial charge in [0.05, 0.1) is 13.0 Å². The molecule has 0 unspecified atom stereocenters. The molecule has 0 aromatic heterocycles. The molecular formula is C19H29NO4. The largest absolute Gasteiger partial charge is 0.466 e. The Kier molecular flexibility index (Phi) is 9.77. The molecule has 1 rings (SSSR count). The number of carbonyl (C=O) groups excluding carboxylic acids is 2. The van der Waals surface area contributed by atoms with Crippen LogP contribution in [0.2, 0.25) is 0 Å². The summed E-state index contributed by atoms with van der Waals surface area (Å²) in [6.45, 7) is 5.78. The van der Waals surface area contributed by atoms with Crippen molar-refractivity contribution in [1.29, 1.82) is 0 Å². The van der Waals surface area contributed by atoms with E-state index < -0.39 is 0 Å². The molecular weight excluding hydrogens is 306 g/mol. The summed E-state index contributed by atoms with van der Waals surface area (Å²) in [5.74, 6) is -0.198. The summed E-state index contributed by atoms with van der Waals surface area (Å²) >= 11 is 0. The lowest BCUT2D eigenvalue weighted by Gasteiger charge is -2.22. The Balaban J connectivity index is 2.51. The number of methoxy groups -OCH3 is 1. The van der Waals surface area contributed by atoms with E-state index in [1.165, 1.54) is 5.56 Å². The number of carbonyl (C=O) groups is 2. The molecule has 0 aliphatic carbocycles. The van der Waals surface area contributed by atoms with Crippen molar-refractivity contribution >= 4 is 11.9 Å². The zero-order valence-corrected chi connectivity index (χ0v) is 15.0. The van der Waals surface area contributed by atoms with Gasteiger partial charge in [-0.15, -0.1) is 0 Å². The topological polar surface area (TPSA) is 55.8 Å². The molecule has 0 heterocycles. The molecule has 0 bridgehead atoms. The Morgan fingerprint density at radius 3 is 2.42 bits per heavy atom. The first-order valence-electron chi connectivity index (χ1n) is 8.54. The summed E-state index contributed by atoms with van der Waals surface area (Å²) in [5, 5.41) is 0. The van der Waals surface area contributed by atoms with Crippen LogP contribution in [0.15, 0.2) is 24.3 Å². The Bertz CT molecular complexity index is 499. The third kappa shape index (κ3) is 8.11. The molecule has 0 N–H and O–H groups in total. The molecule has 0 fully saturated rings. The highest BCUT2D eigenvalue weighted by molar-refractivity contribution is 5.77. The summed E-state index contributed by atoms with van der Waals surface area (Å²) in [4.78, 5) is 25.7. The van der Waals surface area contributed by atoms with Crippen LogP contribution in [0.1, 0.15) is 37.3 Å². The zero-order chi connectivity index (χ0) is 17.8. The van der Waals surface area contributed by atoms with Crippen molar-refractivity contribution in [2.45, 2.75) is 39.5 Å². The lowest BCUT2D eigenvalue weighted by molar-refractivity contribution is -0.144. The van der Waals surface area contributed by atoms with Gasteiger partial charge in [0.1, 0.15) is 0 Å². The second-order valence-corrected chi connectivity index (χ2v) is 5.77. The Morgan fingerprint density at radius 2 is 1.79 bits per heavy atom. The predicted molar refractivity (Wildman–Crippen MR) is 93.8 cm³/mol. The van der Waals surface area contributed by atoms with E-state index in [4.69, 9.17) is 9.47 Å². The minimum atomic E-state index is -0.263. The first-order valence-corrected chi connectivity index (χ1v) is 8.54. The van der Waals surface area contributed by atoms with Crippen molar-refractivity contribution in [2.75, 3.05) is 33.4 Å². The molecule has 5 heteroatoms. The molecule has 1 aromatic rings. The average Bonchev–Trinajstić information content (AvgIpc) is 2.57. The maximum Gasteiger partial charge on any atom is 0.307 e. The van der Waals surface area contributed by atoms with Crippen LogP contribution in [-0.2, 0) is 25.5 Å². The minimum Gasteiger partial charge on any atom is -0.466 e. The summed E-state index contributed by atoms with van der Waals surface area (Å²) in [6.07, 6.45) is 2.14. The maximum absolute atomic E-state index is 12.5. The molecule has 0 radical (unpaired) electrons. The smallest absolute Gasteiger partial charge is 0.307 e. The van der Waals surface area contributed by atoms with E-state index in [1.54, 1.807) is 18.9 Å². The Morgan fingerprint density at radius 1 is 1.08 bits per heavy atom. The number of rotatable bonds is 11. The normalized spacial score (nSPS) is 10.5. The first kappa shape index (κ1) is 20.2. The fraction of sp³-hybridized carbons (Fsp3) is 0.579. The number of esters is 1. The second-order valence-electron chi connectivity index (χ2n) is 5.77. The van der Waals surface area contributed by atoms with E-state index >= 15 is 0 Å². The summed E-state index contributed by atoms with van der Waals surface area (Å²) in [5.41, 5.74) is 2.36. The molecule has 0 aliphatic heterocycles. The number of ether oxygens (including phenoxy) is 2. The highest BCUT2D eigenvalue weighted by Gasteiger charge is 2.15. The van der Waals surface area contributed by atoms with Gasteiger partial charge in [0, 0.05) is 33.2 Å². The first-order chi connectivity index (χ1) is 11.6. The number of nitrogens with zero attached hydrogens (tertiary/aromatic N) is 1. The van der Waals surface area contributed by atoms with Gasteiger partial charge in [-0.05, 0) is 32.3 Å². The fourth-order valence-electron chi connectivity index (χ4n) is 2.38. The Hall–Kier alpha value is -1.88. The lowest BCUT2D eigenvalue weighted by Crippen LogP contribution is -2.34. The zero-order valence-electron chi connectivity index (χ0n) is 15.0. The molecule has 5 nitrogen and oxygen atoms in total. The van der Waals surface area contributed by atoms with Crippen LogP contribution in [0.25, 0.3) is 0 Å². The van der Waals surface area contributed by atoms with Crippen LogP contribution in [-0.4, -0.2) is 50.2 Å². The van der Waals surface area contributed by atoms with Crippen LogP contribution in [0.5, 0.6) is 0 Å². The second kappa shape index (κ2) is 11.6. The standard InChI is InChI=1S/C19H29NO4/c1-4-24-19(22)12-14-20(13-5-15-23-3)18(21)11-10-17-8-6-16(2)7-9-17/h6-9H,4-5,10-15H2,1-3H3. The van der Waals surface area contributed by atoms with Crippen LogP contribution in [0, 0.1) is 6.92 Å².